The van der Waals surface area contributed by atoms with E-state index < -0.39 is 17.3 Å². The highest BCUT2D eigenvalue weighted by molar-refractivity contribution is 7.07. The van der Waals surface area contributed by atoms with Gasteiger partial charge >= 0.3 is 0 Å². The summed E-state index contributed by atoms with van der Waals surface area (Å²) in [5.41, 5.74) is 7.31. The van der Waals surface area contributed by atoms with E-state index in [1.807, 2.05) is 6.07 Å². The summed E-state index contributed by atoms with van der Waals surface area (Å²) in [6.07, 6.45) is 4.58. The monoisotopic (exact) mass is 520 g/mol. The second-order valence-corrected chi connectivity index (χ2v) is 9.65. The Morgan fingerprint density at radius 2 is 1.39 bits per heavy atom. The summed E-state index contributed by atoms with van der Waals surface area (Å²) in [4.78, 5) is 41.8. The summed E-state index contributed by atoms with van der Waals surface area (Å²) in [5, 5.41) is 0. The number of nitrogens with zero attached hydrogens (tertiary/aromatic N) is 1. The van der Waals surface area contributed by atoms with E-state index in [1.165, 1.54) is 17.1 Å². The van der Waals surface area contributed by atoms with Crippen molar-refractivity contribution in [1.29, 1.82) is 0 Å². The molecule has 2 aromatic carbocycles. The summed E-state index contributed by atoms with van der Waals surface area (Å²) in [6.45, 7) is 0. The molecule has 3 aromatic heterocycles. The summed E-state index contributed by atoms with van der Waals surface area (Å²) in [7, 11) is 0. The smallest absolute Gasteiger partial charge is 0.274 e. The van der Waals surface area contributed by atoms with Gasteiger partial charge in [-0.25, -0.2) is 0 Å². The van der Waals surface area contributed by atoms with Crippen LogP contribution in [0.4, 0.5) is 0 Å². The molecule has 0 aliphatic carbocycles. The van der Waals surface area contributed by atoms with Crippen molar-refractivity contribution in [3.05, 3.63) is 145 Å². The second kappa shape index (κ2) is 9.49. The van der Waals surface area contributed by atoms with E-state index >= 15 is 0 Å². The number of carbonyl (C=O) groups excluding carboxylic acids is 2. The molecule has 2 N–H and O–H groups in total. The van der Waals surface area contributed by atoms with E-state index in [0.717, 1.165) is 11.3 Å². The van der Waals surface area contributed by atoms with Gasteiger partial charge in [0.2, 0.25) is 0 Å². The van der Waals surface area contributed by atoms with Gasteiger partial charge in [0.15, 0.2) is 11.6 Å². The van der Waals surface area contributed by atoms with Crippen molar-refractivity contribution < 1.29 is 18.4 Å². The standard InChI is InChI=1S/C30H20N2O5S/c31-28-24(26(33)18-9-3-1-4-10-18)23(21-14-8-16-37-21)25(27(34)19-11-5-2-6-12-19)30-32(28)29(35)22(38-30)17-20-13-7-15-36-20/h1-17,23H,31H2. The zero-order chi connectivity index (χ0) is 26.2. The van der Waals surface area contributed by atoms with E-state index in [2.05, 4.69) is 0 Å². The highest BCUT2D eigenvalue weighted by Crippen LogP contribution is 2.39. The van der Waals surface area contributed by atoms with Gasteiger partial charge in [-0.3, -0.25) is 19.0 Å². The molecule has 4 heterocycles. The topological polar surface area (TPSA) is 108 Å². The molecule has 0 radical (unpaired) electrons. The van der Waals surface area contributed by atoms with Gasteiger partial charge in [0.05, 0.1) is 34.1 Å². The third kappa shape index (κ3) is 3.88. The lowest BCUT2D eigenvalue weighted by Crippen LogP contribution is -2.41. The number of thiazole rings is 1. The Labute approximate surface area is 220 Å². The zero-order valence-electron chi connectivity index (χ0n) is 19.9. The highest BCUT2D eigenvalue weighted by atomic mass is 32.1. The number of fused-ring (bicyclic) bond motifs is 1. The molecule has 1 aliphatic rings. The van der Waals surface area contributed by atoms with Gasteiger partial charge in [0, 0.05) is 17.2 Å². The molecule has 1 unspecified atom stereocenters. The molecule has 186 valence electrons. The molecule has 6 rings (SSSR count). The minimum atomic E-state index is -0.931. The fourth-order valence-electron chi connectivity index (χ4n) is 4.63. The number of carbonyl (C=O) groups is 2. The van der Waals surface area contributed by atoms with Gasteiger partial charge in [-0.2, -0.15) is 0 Å². The molecule has 38 heavy (non-hydrogen) atoms. The molecule has 7 nitrogen and oxygen atoms in total. The van der Waals surface area contributed by atoms with E-state index in [0.29, 0.717) is 31.8 Å². The van der Waals surface area contributed by atoms with Gasteiger partial charge in [0.1, 0.15) is 22.0 Å². The molecule has 0 spiro atoms. The fourth-order valence-corrected chi connectivity index (χ4v) is 5.78. The molecule has 0 fully saturated rings. The Morgan fingerprint density at radius 3 is 1.97 bits per heavy atom. The SMILES string of the molecule is NC1=C(C(=O)c2ccccc2)C(c2ccco2)C(C(=O)c2ccccc2)=c2sc(=Cc3ccco3)c(=O)n21. The van der Waals surface area contributed by atoms with E-state index in [4.69, 9.17) is 14.6 Å². The summed E-state index contributed by atoms with van der Waals surface area (Å²) in [5.74, 6) is -0.862. The first kappa shape index (κ1) is 23.4. The Morgan fingerprint density at radius 1 is 0.789 bits per heavy atom. The van der Waals surface area contributed by atoms with Crippen molar-refractivity contribution in [3.8, 4) is 0 Å². The average molecular weight is 521 g/mol. The van der Waals surface area contributed by atoms with Crippen LogP contribution >= 0.6 is 11.3 Å². The van der Waals surface area contributed by atoms with Crippen LogP contribution in [-0.4, -0.2) is 16.1 Å². The lowest BCUT2D eigenvalue weighted by Gasteiger charge is -2.26. The van der Waals surface area contributed by atoms with Gasteiger partial charge in [0.25, 0.3) is 5.56 Å². The number of Topliss-reactive ketones (excluding diaryl/α,β-unsaturated/α-hetero) is 2. The minimum Gasteiger partial charge on any atom is -0.468 e. The molecule has 0 amide bonds. The molecule has 5 aromatic rings. The molecule has 1 atom stereocenters. The largest absolute Gasteiger partial charge is 0.468 e. The quantitative estimate of drug-likeness (QED) is 0.342. The van der Waals surface area contributed by atoms with Crippen LogP contribution < -0.4 is 20.5 Å². The fraction of sp³-hybridized carbons (Fsp3) is 0.0333. The van der Waals surface area contributed by atoms with E-state index in [-0.39, 0.29) is 22.8 Å². The molecule has 0 bridgehead atoms. The molecule has 0 saturated carbocycles. The van der Waals surface area contributed by atoms with Gasteiger partial charge in [-0.1, -0.05) is 60.7 Å². The van der Waals surface area contributed by atoms with Crippen LogP contribution in [-0.2, 0) is 0 Å². The predicted molar refractivity (Wildman–Crippen MR) is 144 cm³/mol. The molecule has 0 saturated heterocycles. The predicted octanol–water partition coefficient (Wildman–Crippen LogP) is 3.77. The number of ketones is 2. The Hall–Kier alpha value is -4.95. The molecular weight excluding hydrogens is 500 g/mol. The maximum absolute atomic E-state index is 14.1. The average Bonchev–Trinajstić information content (AvgIpc) is 3.72. The van der Waals surface area contributed by atoms with Crippen molar-refractivity contribution in [2.24, 2.45) is 5.73 Å². The van der Waals surface area contributed by atoms with Crippen molar-refractivity contribution in [2.75, 3.05) is 0 Å². The van der Waals surface area contributed by atoms with Crippen LogP contribution in [0.2, 0.25) is 0 Å². The van der Waals surface area contributed by atoms with Gasteiger partial charge < -0.3 is 14.6 Å². The molecular formula is C30H20N2O5S. The summed E-state index contributed by atoms with van der Waals surface area (Å²) >= 11 is 1.12. The number of hydrogen-bond donors (Lipinski definition) is 1. The van der Waals surface area contributed by atoms with Crippen molar-refractivity contribution in [1.82, 2.24) is 4.57 Å². The molecule has 1 aliphatic heterocycles. The first-order valence-electron chi connectivity index (χ1n) is 11.8. The number of benzene rings is 2. The number of allylic oxidation sites excluding steroid dienone is 1. The maximum Gasteiger partial charge on any atom is 0.274 e. The Balaban J connectivity index is 1.72. The van der Waals surface area contributed by atoms with Crippen LogP contribution in [0.25, 0.3) is 17.5 Å². The van der Waals surface area contributed by atoms with E-state index in [1.54, 1.807) is 84.9 Å². The number of nitrogens with two attached hydrogens (primary N) is 1. The summed E-state index contributed by atoms with van der Waals surface area (Å²) < 4.78 is 13.1. The van der Waals surface area contributed by atoms with Crippen LogP contribution in [0.3, 0.4) is 0 Å². The first-order valence-corrected chi connectivity index (χ1v) is 12.6. The Kier molecular flexibility index (Phi) is 5.86. The number of hydrogen-bond acceptors (Lipinski definition) is 7. The van der Waals surface area contributed by atoms with Crippen molar-refractivity contribution in [3.63, 3.8) is 0 Å². The highest BCUT2D eigenvalue weighted by Gasteiger charge is 2.40. The Bertz CT molecular complexity index is 1860. The van der Waals surface area contributed by atoms with Gasteiger partial charge in [-0.05, 0) is 24.3 Å². The third-order valence-corrected chi connectivity index (χ3v) is 7.46. The lowest BCUT2D eigenvalue weighted by molar-refractivity contribution is 0.102. The first-order chi connectivity index (χ1) is 18.5. The second-order valence-electron chi connectivity index (χ2n) is 8.62. The normalized spacial score (nSPS) is 15.5. The van der Waals surface area contributed by atoms with Crippen LogP contribution in [0, 0.1) is 0 Å². The maximum atomic E-state index is 14.1. The number of rotatable bonds is 6. The summed E-state index contributed by atoms with van der Waals surface area (Å²) in [6, 6.07) is 24.2. The van der Waals surface area contributed by atoms with Crippen molar-refractivity contribution >= 4 is 40.4 Å². The lowest BCUT2D eigenvalue weighted by atomic mass is 9.80. The van der Waals surface area contributed by atoms with Crippen LogP contribution in [0.5, 0.6) is 0 Å². The van der Waals surface area contributed by atoms with Crippen LogP contribution in [0.1, 0.15) is 38.2 Å². The zero-order valence-corrected chi connectivity index (χ0v) is 20.7. The number of furan rings is 2. The van der Waals surface area contributed by atoms with Gasteiger partial charge in [-0.15, -0.1) is 11.3 Å². The molecule has 8 heteroatoms. The van der Waals surface area contributed by atoms with Crippen LogP contribution in [0.15, 0.2) is 117 Å². The number of aromatic nitrogens is 1. The van der Waals surface area contributed by atoms with Crippen molar-refractivity contribution in [2.45, 2.75) is 5.92 Å². The van der Waals surface area contributed by atoms with E-state index in [9.17, 15) is 14.4 Å². The minimum absolute atomic E-state index is 0.0415. The third-order valence-electron chi connectivity index (χ3n) is 6.35.